The van der Waals surface area contributed by atoms with Crippen molar-refractivity contribution in [2.24, 2.45) is 0 Å². The number of carbonyl (C=O) groups is 1. The van der Waals surface area contributed by atoms with Crippen molar-refractivity contribution in [3.8, 4) is 0 Å². The van der Waals surface area contributed by atoms with Crippen molar-refractivity contribution in [2.75, 3.05) is 5.32 Å². The highest BCUT2D eigenvalue weighted by Crippen LogP contribution is 2.25. The van der Waals surface area contributed by atoms with Gasteiger partial charge in [0, 0.05) is 12.0 Å². The van der Waals surface area contributed by atoms with E-state index in [0.29, 0.717) is 18.0 Å². The van der Waals surface area contributed by atoms with Crippen LogP contribution in [0.2, 0.25) is 0 Å². The van der Waals surface area contributed by atoms with E-state index < -0.39 is 0 Å². The number of nitrogens with zero attached hydrogens (tertiary/aromatic N) is 2. The number of para-hydroxylation sites is 1. The Kier molecular flexibility index (Phi) is 3.70. The van der Waals surface area contributed by atoms with Crippen LogP contribution in [-0.4, -0.2) is 16.0 Å². The standard InChI is InChI=1S/C15H15N3O2S/c1-9-11(10(2)20-18-9)7-8-14(19)17-15-16-12-5-3-4-6-13(12)21-15/h3-6H,7-8H2,1-2H3,(H,16,17,19). The molecular weight excluding hydrogens is 286 g/mol. The molecule has 0 saturated carbocycles. The summed E-state index contributed by atoms with van der Waals surface area (Å²) in [6.45, 7) is 3.75. The fourth-order valence-corrected chi connectivity index (χ4v) is 3.09. The van der Waals surface area contributed by atoms with Gasteiger partial charge in [0.1, 0.15) is 5.76 Å². The predicted molar refractivity (Wildman–Crippen MR) is 82.5 cm³/mol. The lowest BCUT2D eigenvalue weighted by Crippen LogP contribution is -2.12. The van der Waals surface area contributed by atoms with Crippen LogP contribution >= 0.6 is 11.3 Å². The van der Waals surface area contributed by atoms with Gasteiger partial charge in [-0.3, -0.25) is 4.79 Å². The topological polar surface area (TPSA) is 68.0 Å². The minimum atomic E-state index is -0.0472. The lowest BCUT2D eigenvalue weighted by Gasteiger charge is -2.01. The number of hydrogen-bond donors (Lipinski definition) is 1. The second-order valence-electron chi connectivity index (χ2n) is 4.84. The first-order valence-corrected chi connectivity index (χ1v) is 7.52. The van der Waals surface area contributed by atoms with E-state index in [1.165, 1.54) is 11.3 Å². The normalized spacial score (nSPS) is 11.0. The van der Waals surface area contributed by atoms with E-state index in [1.54, 1.807) is 0 Å². The van der Waals surface area contributed by atoms with Crippen LogP contribution in [-0.2, 0) is 11.2 Å². The zero-order valence-electron chi connectivity index (χ0n) is 11.8. The smallest absolute Gasteiger partial charge is 0.226 e. The SMILES string of the molecule is Cc1noc(C)c1CCC(=O)Nc1nc2ccccc2s1. The van der Waals surface area contributed by atoms with Gasteiger partial charge in [-0.25, -0.2) is 4.98 Å². The first-order chi connectivity index (χ1) is 10.1. The highest BCUT2D eigenvalue weighted by atomic mass is 32.1. The van der Waals surface area contributed by atoms with Crippen molar-refractivity contribution in [3.63, 3.8) is 0 Å². The molecule has 3 rings (SSSR count). The minimum absolute atomic E-state index is 0.0472. The summed E-state index contributed by atoms with van der Waals surface area (Å²) in [5.74, 6) is 0.731. The number of amides is 1. The second-order valence-corrected chi connectivity index (χ2v) is 5.87. The molecule has 108 valence electrons. The Labute approximate surface area is 126 Å². The van der Waals surface area contributed by atoms with Crippen molar-refractivity contribution in [1.82, 2.24) is 10.1 Å². The van der Waals surface area contributed by atoms with Crippen LogP contribution in [0.15, 0.2) is 28.8 Å². The van der Waals surface area contributed by atoms with E-state index in [-0.39, 0.29) is 5.91 Å². The highest BCUT2D eigenvalue weighted by molar-refractivity contribution is 7.22. The molecule has 2 heterocycles. The maximum absolute atomic E-state index is 12.0. The summed E-state index contributed by atoms with van der Waals surface area (Å²) in [5.41, 5.74) is 2.76. The van der Waals surface area contributed by atoms with Gasteiger partial charge in [-0.1, -0.05) is 28.6 Å². The van der Waals surface area contributed by atoms with Gasteiger partial charge < -0.3 is 9.84 Å². The molecule has 0 atom stereocenters. The number of hydrogen-bond acceptors (Lipinski definition) is 5. The number of aromatic nitrogens is 2. The summed E-state index contributed by atoms with van der Waals surface area (Å²) in [4.78, 5) is 16.4. The zero-order chi connectivity index (χ0) is 14.8. The first kappa shape index (κ1) is 13.8. The van der Waals surface area contributed by atoms with Crippen LogP contribution in [0.25, 0.3) is 10.2 Å². The number of fused-ring (bicyclic) bond motifs is 1. The Hall–Kier alpha value is -2.21. The number of aryl methyl sites for hydroxylation is 2. The first-order valence-electron chi connectivity index (χ1n) is 6.70. The maximum atomic E-state index is 12.0. The highest BCUT2D eigenvalue weighted by Gasteiger charge is 2.12. The molecule has 3 aromatic rings. The average Bonchev–Trinajstić information content (AvgIpc) is 3.00. The summed E-state index contributed by atoms with van der Waals surface area (Å²) in [7, 11) is 0. The summed E-state index contributed by atoms with van der Waals surface area (Å²) >= 11 is 1.48. The van der Waals surface area contributed by atoms with E-state index in [0.717, 1.165) is 27.2 Å². The van der Waals surface area contributed by atoms with Gasteiger partial charge in [0.15, 0.2) is 5.13 Å². The third kappa shape index (κ3) is 2.95. The lowest BCUT2D eigenvalue weighted by molar-refractivity contribution is -0.116. The van der Waals surface area contributed by atoms with Crippen LogP contribution in [0.5, 0.6) is 0 Å². The summed E-state index contributed by atoms with van der Waals surface area (Å²) in [6.07, 6.45) is 1.01. The van der Waals surface area contributed by atoms with Crippen LogP contribution in [0.4, 0.5) is 5.13 Å². The van der Waals surface area contributed by atoms with E-state index in [2.05, 4.69) is 15.5 Å². The second kappa shape index (κ2) is 5.65. The Morgan fingerprint density at radius 3 is 2.86 bits per heavy atom. The van der Waals surface area contributed by atoms with Crippen molar-refractivity contribution in [3.05, 3.63) is 41.3 Å². The van der Waals surface area contributed by atoms with E-state index in [9.17, 15) is 4.79 Å². The Morgan fingerprint density at radius 1 is 1.33 bits per heavy atom. The minimum Gasteiger partial charge on any atom is -0.361 e. The number of rotatable bonds is 4. The molecule has 1 amide bonds. The zero-order valence-corrected chi connectivity index (χ0v) is 12.7. The molecule has 0 radical (unpaired) electrons. The van der Waals surface area contributed by atoms with Crippen LogP contribution < -0.4 is 5.32 Å². The van der Waals surface area contributed by atoms with Crippen LogP contribution in [0.3, 0.4) is 0 Å². The summed E-state index contributed by atoms with van der Waals surface area (Å²) in [6, 6.07) is 7.83. The molecule has 0 spiro atoms. The van der Waals surface area contributed by atoms with Gasteiger partial charge in [-0.15, -0.1) is 0 Å². The Balaban J connectivity index is 1.64. The average molecular weight is 301 g/mol. The van der Waals surface area contributed by atoms with Gasteiger partial charge in [0.05, 0.1) is 15.9 Å². The Bertz CT molecular complexity index is 739. The van der Waals surface area contributed by atoms with Gasteiger partial charge in [0.25, 0.3) is 0 Å². The third-order valence-corrected chi connectivity index (χ3v) is 4.28. The lowest BCUT2D eigenvalue weighted by atomic mass is 10.1. The van der Waals surface area contributed by atoms with E-state index in [1.807, 2.05) is 38.1 Å². The van der Waals surface area contributed by atoms with Crippen LogP contribution in [0, 0.1) is 13.8 Å². The number of thiazole rings is 1. The fourth-order valence-electron chi connectivity index (χ4n) is 2.20. The number of anilines is 1. The number of benzene rings is 1. The monoisotopic (exact) mass is 301 g/mol. The molecule has 0 unspecified atom stereocenters. The van der Waals surface area contributed by atoms with E-state index in [4.69, 9.17) is 4.52 Å². The largest absolute Gasteiger partial charge is 0.361 e. The summed E-state index contributed by atoms with van der Waals surface area (Å²) in [5, 5.41) is 7.38. The van der Waals surface area contributed by atoms with Gasteiger partial charge in [-0.2, -0.15) is 0 Å². The van der Waals surface area contributed by atoms with Gasteiger partial charge in [-0.05, 0) is 32.4 Å². The number of nitrogens with one attached hydrogen (secondary N) is 1. The van der Waals surface area contributed by atoms with Gasteiger partial charge in [0.2, 0.25) is 5.91 Å². The quantitative estimate of drug-likeness (QED) is 0.801. The fraction of sp³-hybridized carbons (Fsp3) is 0.267. The van der Waals surface area contributed by atoms with Crippen LogP contribution in [0.1, 0.15) is 23.4 Å². The van der Waals surface area contributed by atoms with Crippen molar-refractivity contribution in [2.45, 2.75) is 26.7 Å². The molecule has 2 aromatic heterocycles. The van der Waals surface area contributed by atoms with Crippen molar-refractivity contribution < 1.29 is 9.32 Å². The molecular formula is C15H15N3O2S. The number of carbonyl (C=O) groups excluding carboxylic acids is 1. The molecule has 21 heavy (non-hydrogen) atoms. The van der Waals surface area contributed by atoms with Crippen molar-refractivity contribution >= 4 is 32.6 Å². The third-order valence-electron chi connectivity index (χ3n) is 3.32. The molecule has 0 bridgehead atoms. The molecule has 0 fully saturated rings. The maximum Gasteiger partial charge on any atom is 0.226 e. The predicted octanol–water partition coefficient (Wildman–Crippen LogP) is 3.47. The van der Waals surface area contributed by atoms with E-state index >= 15 is 0 Å². The molecule has 1 N–H and O–H groups in total. The molecule has 0 aliphatic carbocycles. The molecule has 0 aliphatic heterocycles. The molecule has 1 aromatic carbocycles. The Morgan fingerprint density at radius 2 is 2.14 bits per heavy atom. The molecule has 0 saturated heterocycles. The molecule has 0 aliphatic rings. The summed E-state index contributed by atoms with van der Waals surface area (Å²) < 4.78 is 6.16. The molecule has 6 heteroatoms. The van der Waals surface area contributed by atoms with Gasteiger partial charge >= 0.3 is 0 Å². The van der Waals surface area contributed by atoms with Crippen molar-refractivity contribution in [1.29, 1.82) is 0 Å². The molecule has 5 nitrogen and oxygen atoms in total.